The summed E-state index contributed by atoms with van der Waals surface area (Å²) in [5, 5.41) is 3.11. The van der Waals surface area contributed by atoms with Crippen LogP contribution in [0.3, 0.4) is 0 Å². The zero-order valence-electron chi connectivity index (χ0n) is 11.5. The van der Waals surface area contributed by atoms with E-state index >= 15 is 0 Å². The van der Waals surface area contributed by atoms with E-state index in [4.69, 9.17) is 4.42 Å². The Hall–Kier alpha value is -0.850. The topological polar surface area (TPSA) is 62.6 Å². The summed E-state index contributed by atoms with van der Waals surface area (Å²) >= 11 is 0. The van der Waals surface area contributed by atoms with Crippen molar-refractivity contribution in [3.05, 3.63) is 17.6 Å². The van der Waals surface area contributed by atoms with Crippen LogP contribution in [0.4, 0.5) is 0 Å². The SMILES string of the molecule is CCNCc1cc(S(=O)(=O)N(CC)CC)c(C)o1. The number of rotatable bonds is 7. The fourth-order valence-electron chi connectivity index (χ4n) is 1.82. The van der Waals surface area contributed by atoms with Gasteiger partial charge in [0, 0.05) is 19.2 Å². The summed E-state index contributed by atoms with van der Waals surface area (Å²) in [6.07, 6.45) is 0. The van der Waals surface area contributed by atoms with Gasteiger partial charge in [0.1, 0.15) is 16.4 Å². The molecule has 1 rings (SSSR count). The lowest BCUT2D eigenvalue weighted by molar-refractivity contribution is 0.437. The maximum Gasteiger partial charge on any atom is 0.246 e. The van der Waals surface area contributed by atoms with Crippen LogP contribution in [0, 0.1) is 6.92 Å². The molecule has 1 heterocycles. The molecule has 6 heteroatoms. The van der Waals surface area contributed by atoms with Crippen molar-refractivity contribution in [1.82, 2.24) is 9.62 Å². The van der Waals surface area contributed by atoms with E-state index in [1.54, 1.807) is 13.0 Å². The first-order chi connectivity index (χ1) is 8.47. The van der Waals surface area contributed by atoms with Gasteiger partial charge in [0.2, 0.25) is 10.0 Å². The molecule has 0 saturated heterocycles. The lowest BCUT2D eigenvalue weighted by Gasteiger charge is -2.17. The van der Waals surface area contributed by atoms with Gasteiger partial charge < -0.3 is 9.73 Å². The summed E-state index contributed by atoms with van der Waals surface area (Å²) in [7, 11) is -3.42. The zero-order valence-corrected chi connectivity index (χ0v) is 12.3. The molecule has 0 radical (unpaired) electrons. The predicted molar refractivity (Wildman–Crippen MR) is 70.9 cm³/mol. The summed E-state index contributed by atoms with van der Waals surface area (Å²) in [4.78, 5) is 0.277. The molecular weight excluding hydrogens is 252 g/mol. The number of sulfonamides is 1. The zero-order chi connectivity index (χ0) is 13.8. The standard InChI is InChI=1S/C12H22N2O3S/c1-5-13-9-11-8-12(10(4)17-11)18(15,16)14(6-2)7-3/h8,13H,5-7,9H2,1-4H3. The first-order valence-electron chi connectivity index (χ1n) is 6.27. The van der Waals surface area contributed by atoms with Gasteiger partial charge in [-0.15, -0.1) is 0 Å². The van der Waals surface area contributed by atoms with E-state index in [0.717, 1.165) is 6.54 Å². The minimum Gasteiger partial charge on any atom is -0.464 e. The van der Waals surface area contributed by atoms with Gasteiger partial charge in [-0.2, -0.15) is 4.31 Å². The average Bonchev–Trinajstić information content (AvgIpc) is 2.70. The molecule has 0 amide bonds. The van der Waals surface area contributed by atoms with Crippen LogP contribution in [-0.4, -0.2) is 32.4 Å². The van der Waals surface area contributed by atoms with Crippen LogP contribution in [0.1, 0.15) is 32.3 Å². The van der Waals surface area contributed by atoms with Gasteiger partial charge in [0.05, 0.1) is 6.54 Å². The van der Waals surface area contributed by atoms with E-state index in [1.165, 1.54) is 4.31 Å². The molecule has 1 aromatic rings. The van der Waals surface area contributed by atoms with Crippen LogP contribution < -0.4 is 5.32 Å². The molecule has 104 valence electrons. The van der Waals surface area contributed by atoms with E-state index in [1.807, 2.05) is 20.8 Å². The largest absolute Gasteiger partial charge is 0.464 e. The minimum atomic E-state index is -3.42. The highest BCUT2D eigenvalue weighted by molar-refractivity contribution is 7.89. The van der Waals surface area contributed by atoms with E-state index in [9.17, 15) is 8.42 Å². The van der Waals surface area contributed by atoms with Gasteiger partial charge in [0.25, 0.3) is 0 Å². The highest BCUT2D eigenvalue weighted by atomic mass is 32.2. The van der Waals surface area contributed by atoms with Crippen molar-refractivity contribution in [3.63, 3.8) is 0 Å². The van der Waals surface area contributed by atoms with Crippen LogP contribution >= 0.6 is 0 Å². The monoisotopic (exact) mass is 274 g/mol. The van der Waals surface area contributed by atoms with Gasteiger partial charge in [-0.05, 0) is 13.5 Å². The van der Waals surface area contributed by atoms with Gasteiger partial charge in [-0.1, -0.05) is 20.8 Å². The van der Waals surface area contributed by atoms with Crippen molar-refractivity contribution in [2.24, 2.45) is 0 Å². The molecule has 1 N–H and O–H groups in total. The average molecular weight is 274 g/mol. The maximum absolute atomic E-state index is 12.3. The van der Waals surface area contributed by atoms with Crippen molar-refractivity contribution in [2.75, 3.05) is 19.6 Å². The summed E-state index contributed by atoms with van der Waals surface area (Å²) in [6, 6.07) is 1.62. The second-order valence-electron chi connectivity index (χ2n) is 4.00. The number of hydrogen-bond donors (Lipinski definition) is 1. The molecule has 0 unspecified atom stereocenters. The Labute approximate surface area is 109 Å². The van der Waals surface area contributed by atoms with E-state index in [0.29, 0.717) is 31.2 Å². The number of aryl methyl sites for hydroxylation is 1. The Balaban J connectivity index is 3.05. The summed E-state index contributed by atoms with van der Waals surface area (Å²) in [6.45, 7) is 9.63. The fourth-order valence-corrected chi connectivity index (χ4v) is 3.46. The molecule has 0 fully saturated rings. The maximum atomic E-state index is 12.3. The van der Waals surface area contributed by atoms with Crippen molar-refractivity contribution in [3.8, 4) is 0 Å². The fraction of sp³-hybridized carbons (Fsp3) is 0.667. The molecule has 0 aromatic carbocycles. The quantitative estimate of drug-likeness (QED) is 0.822. The van der Waals surface area contributed by atoms with Gasteiger partial charge >= 0.3 is 0 Å². The van der Waals surface area contributed by atoms with Crippen LogP contribution in [0.15, 0.2) is 15.4 Å². The van der Waals surface area contributed by atoms with Crippen LogP contribution in [0.2, 0.25) is 0 Å². The van der Waals surface area contributed by atoms with E-state index in [-0.39, 0.29) is 4.90 Å². The van der Waals surface area contributed by atoms with Crippen LogP contribution in [-0.2, 0) is 16.6 Å². The first-order valence-corrected chi connectivity index (χ1v) is 7.71. The van der Waals surface area contributed by atoms with Gasteiger partial charge in [-0.25, -0.2) is 8.42 Å². The second kappa shape index (κ2) is 6.36. The third-order valence-corrected chi connectivity index (χ3v) is 4.95. The third-order valence-electron chi connectivity index (χ3n) is 2.80. The van der Waals surface area contributed by atoms with E-state index in [2.05, 4.69) is 5.32 Å². The van der Waals surface area contributed by atoms with Crippen LogP contribution in [0.5, 0.6) is 0 Å². The lowest BCUT2D eigenvalue weighted by atomic mass is 10.4. The summed E-state index contributed by atoms with van der Waals surface area (Å²) in [5.74, 6) is 1.11. The molecule has 0 atom stereocenters. The van der Waals surface area contributed by atoms with Crippen molar-refractivity contribution >= 4 is 10.0 Å². The molecule has 0 saturated carbocycles. The Kier molecular flexibility index (Phi) is 5.37. The molecular formula is C12H22N2O3S. The summed E-state index contributed by atoms with van der Waals surface area (Å²) in [5.41, 5.74) is 0. The van der Waals surface area contributed by atoms with E-state index < -0.39 is 10.0 Å². The highest BCUT2D eigenvalue weighted by Gasteiger charge is 2.26. The summed E-state index contributed by atoms with van der Waals surface area (Å²) < 4.78 is 31.6. The normalized spacial score (nSPS) is 12.3. The Morgan fingerprint density at radius 1 is 1.28 bits per heavy atom. The van der Waals surface area contributed by atoms with Crippen molar-refractivity contribution in [2.45, 2.75) is 39.1 Å². The van der Waals surface area contributed by atoms with Crippen molar-refractivity contribution < 1.29 is 12.8 Å². The number of nitrogens with zero attached hydrogens (tertiary/aromatic N) is 1. The van der Waals surface area contributed by atoms with Gasteiger partial charge in [0.15, 0.2) is 0 Å². The highest BCUT2D eigenvalue weighted by Crippen LogP contribution is 2.23. The second-order valence-corrected chi connectivity index (χ2v) is 5.91. The van der Waals surface area contributed by atoms with Crippen LogP contribution in [0.25, 0.3) is 0 Å². The molecule has 0 aliphatic heterocycles. The van der Waals surface area contributed by atoms with Crippen molar-refractivity contribution in [1.29, 1.82) is 0 Å². The Morgan fingerprint density at radius 3 is 2.39 bits per heavy atom. The Bertz CT molecular complexity index is 476. The first kappa shape index (κ1) is 15.2. The molecule has 1 aromatic heterocycles. The van der Waals surface area contributed by atoms with Gasteiger partial charge in [-0.3, -0.25) is 0 Å². The number of hydrogen-bond acceptors (Lipinski definition) is 4. The third kappa shape index (κ3) is 3.13. The number of furan rings is 1. The Morgan fingerprint density at radius 2 is 1.89 bits per heavy atom. The molecule has 5 nitrogen and oxygen atoms in total. The molecule has 0 bridgehead atoms. The smallest absolute Gasteiger partial charge is 0.246 e. The predicted octanol–water partition coefficient (Wildman–Crippen LogP) is 1.73. The lowest BCUT2D eigenvalue weighted by Crippen LogP contribution is -2.30. The minimum absolute atomic E-state index is 0.277. The molecule has 0 spiro atoms. The molecule has 0 aliphatic carbocycles. The molecule has 18 heavy (non-hydrogen) atoms. The molecule has 0 aliphatic rings. The number of nitrogens with one attached hydrogen (secondary N) is 1.